The highest BCUT2D eigenvalue weighted by atomic mass is 16.5. The summed E-state index contributed by atoms with van der Waals surface area (Å²) in [5.74, 6) is 0.458. The van der Waals surface area contributed by atoms with Crippen molar-refractivity contribution in [2.24, 2.45) is 5.92 Å². The average Bonchev–Trinajstić information content (AvgIpc) is 2.07. The summed E-state index contributed by atoms with van der Waals surface area (Å²) in [5.41, 5.74) is 0. The van der Waals surface area contributed by atoms with Crippen LogP contribution in [0.3, 0.4) is 0 Å². The minimum atomic E-state index is -0.0685. The van der Waals surface area contributed by atoms with Crippen LogP contribution in [0.25, 0.3) is 0 Å². The summed E-state index contributed by atoms with van der Waals surface area (Å²) in [6.07, 6.45) is 7.30. The Balaban J connectivity index is 2.56. The molecule has 1 aliphatic carbocycles. The van der Waals surface area contributed by atoms with Crippen molar-refractivity contribution in [1.29, 1.82) is 10.5 Å². The quantitative estimate of drug-likeness (QED) is 0.526. The van der Waals surface area contributed by atoms with E-state index in [4.69, 9.17) is 10.5 Å². The number of allylic oxidation sites excluding steroid dienone is 3. The summed E-state index contributed by atoms with van der Waals surface area (Å²) in [7, 11) is 0. The molecule has 0 spiro atoms. The molecule has 0 aromatic heterocycles. The Hall–Kier alpha value is -1.74. The number of hydrogen-bond acceptors (Lipinski definition) is 3. The lowest BCUT2D eigenvalue weighted by molar-refractivity contribution is 0.387. The van der Waals surface area contributed by atoms with Gasteiger partial charge in [0.25, 0.3) is 6.26 Å². The van der Waals surface area contributed by atoms with E-state index in [0.717, 1.165) is 0 Å². The van der Waals surface area contributed by atoms with Gasteiger partial charge in [0.2, 0.25) is 0 Å². The highest BCUT2D eigenvalue weighted by Gasteiger charge is 2.07. The largest absolute Gasteiger partial charge is 0.388 e. The molecule has 0 aromatic carbocycles. The average molecular weight is 146 g/mol. The fraction of sp³-hybridized carbons (Fsp3) is 0.250. The van der Waals surface area contributed by atoms with Crippen LogP contribution in [-0.2, 0) is 4.74 Å². The molecule has 0 N–H and O–H groups in total. The van der Waals surface area contributed by atoms with Crippen molar-refractivity contribution in [2.45, 2.75) is 6.42 Å². The van der Waals surface area contributed by atoms with Gasteiger partial charge in [-0.3, -0.25) is 0 Å². The zero-order valence-corrected chi connectivity index (χ0v) is 5.82. The van der Waals surface area contributed by atoms with Gasteiger partial charge in [-0.05, 0) is 18.6 Å². The molecular weight excluding hydrogens is 140 g/mol. The second-order valence-corrected chi connectivity index (χ2v) is 2.13. The van der Waals surface area contributed by atoms with Crippen LogP contribution in [0.4, 0.5) is 0 Å². The van der Waals surface area contributed by atoms with Crippen molar-refractivity contribution in [3.05, 3.63) is 24.0 Å². The third-order valence-corrected chi connectivity index (χ3v) is 1.40. The van der Waals surface area contributed by atoms with Gasteiger partial charge in [0.15, 0.2) is 0 Å². The first-order valence-electron chi connectivity index (χ1n) is 3.20. The second-order valence-electron chi connectivity index (χ2n) is 2.13. The van der Waals surface area contributed by atoms with Gasteiger partial charge in [-0.25, -0.2) is 0 Å². The van der Waals surface area contributed by atoms with Gasteiger partial charge in [0.1, 0.15) is 5.76 Å². The van der Waals surface area contributed by atoms with E-state index in [-0.39, 0.29) is 5.92 Å². The highest BCUT2D eigenvalue weighted by Crippen LogP contribution is 2.15. The van der Waals surface area contributed by atoms with Crippen LogP contribution in [0.15, 0.2) is 24.0 Å². The van der Waals surface area contributed by atoms with E-state index in [1.807, 2.05) is 0 Å². The molecule has 0 heterocycles. The second kappa shape index (κ2) is 3.43. The maximum absolute atomic E-state index is 8.47. The van der Waals surface area contributed by atoms with Gasteiger partial charge in [-0.2, -0.15) is 5.26 Å². The summed E-state index contributed by atoms with van der Waals surface area (Å²) < 4.78 is 4.55. The number of hydrogen-bond donors (Lipinski definition) is 0. The Morgan fingerprint density at radius 3 is 2.82 bits per heavy atom. The molecule has 0 aromatic rings. The lowest BCUT2D eigenvalue weighted by Gasteiger charge is -2.05. The van der Waals surface area contributed by atoms with E-state index in [2.05, 4.69) is 10.8 Å². The predicted octanol–water partition coefficient (Wildman–Crippen LogP) is 1.47. The molecule has 0 amide bonds. The fourth-order valence-electron chi connectivity index (χ4n) is 0.825. The standard InChI is InChI=1S/C8H6N2O/c9-5-7-1-3-8(4-2-7)11-6-10/h1,3-4,7H,2H2. The fourth-order valence-corrected chi connectivity index (χ4v) is 0.825. The van der Waals surface area contributed by atoms with E-state index < -0.39 is 0 Å². The summed E-state index contributed by atoms with van der Waals surface area (Å²) in [5, 5.41) is 16.6. The van der Waals surface area contributed by atoms with Crippen LogP contribution >= 0.6 is 0 Å². The lowest BCUT2D eigenvalue weighted by atomic mass is 10.0. The van der Waals surface area contributed by atoms with Crippen LogP contribution in [0.5, 0.6) is 0 Å². The molecule has 0 bridgehead atoms. The smallest absolute Gasteiger partial charge is 0.292 e. The molecule has 54 valence electrons. The summed E-state index contributed by atoms with van der Waals surface area (Å²) in [6, 6.07) is 2.10. The van der Waals surface area contributed by atoms with Crippen molar-refractivity contribution >= 4 is 0 Å². The summed E-state index contributed by atoms with van der Waals surface area (Å²) in [6.45, 7) is 0. The van der Waals surface area contributed by atoms with Gasteiger partial charge in [-0.15, -0.1) is 5.26 Å². The molecule has 3 nitrogen and oxygen atoms in total. The third-order valence-electron chi connectivity index (χ3n) is 1.40. The Morgan fingerprint density at radius 2 is 2.36 bits per heavy atom. The number of nitriles is 2. The van der Waals surface area contributed by atoms with Gasteiger partial charge in [0, 0.05) is 0 Å². The van der Waals surface area contributed by atoms with Crippen LogP contribution in [0.2, 0.25) is 0 Å². The van der Waals surface area contributed by atoms with E-state index in [0.29, 0.717) is 12.2 Å². The Kier molecular flexibility index (Phi) is 2.30. The maximum atomic E-state index is 8.47. The molecule has 0 saturated carbocycles. The molecule has 1 aliphatic rings. The van der Waals surface area contributed by atoms with Crippen LogP contribution in [0, 0.1) is 28.8 Å². The minimum absolute atomic E-state index is 0.0685. The summed E-state index contributed by atoms with van der Waals surface area (Å²) in [4.78, 5) is 0. The van der Waals surface area contributed by atoms with Gasteiger partial charge >= 0.3 is 0 Å². The van der Waals surface area contributed by atoms with E-state index in [1.165, 1.54) is 0 Å². The van der Waals surface area contributed by atoms with Gasteiger partial charge < -0.3 is 4.74 Å². The molecule has 1 rings (SSSR count). The first kappa shape index (κ1) is 7.37. The maximum Gasteiger partial charge on any atom is 0.292 e. The zero-order chi connectivity index (χ0) is 8.10. The third kappa shape index (κ3) is 1.84. The van der Waals surface area contributed by atoms with Crippen LogP contribution < -0.4 is 0 Å². The SMILES string of the molecule is N#COC1=CCC(C#N)C=C1. The first-order chi connectivity index (χ1) is 5.36. The molecule has 11 heavy (non-hydrogen) atoms. The van der Waals surface area contributed by atoms with Gasteiger partial charge in [0.05, 0.1) is 12.0 Å². The Labute approximate surface area is 64.8 Å². The highest BCUT2D eigenvalue weighted by molar-refractivity contribution is 5.22. The molecule has 1 unspecified atom stereocenters. The predicted molar refractivity (Wildman–Crippen MR) is 37.6 cm³/mol. The Morgan fingerprint density at radius 1 is 1.55 bits per heavy atom. The van der Waals surface area contributed by atoms with Crippen LogP contribution in [-0.4, -0.2) is 0 Å². The van der Waals surface area contributed by atoms with Crippen molar-refractivity contribution in [2.75, 3.05) is 0 Å². The normalized spacial score (nSPS) is 21.3. The number of nitrogens with zero attached hydrogens (tertiary/aromatic N) is 2. The van der Waals surface area contributed by atoms with Crippen molar-refractivity contribution < 1.29 is 4.74 Å². The molecule has 0 radical (unpaired) electrons. The van der Waals surface area contributed by atoms with Crippen molar-refractivity contribution in [1.82, 2.24) is 0 Å². The molecular formula is C8H6N2O. The van der Waals surface area contributed by atoms with Crippen molar-refractivity contribution in [3.8, 4) is 12.3 Å². The number of rotatable bonds is 1. The van der Waals surface area contributed by atoms with Crippen LogP contribution in [0.1, 0.15) is 6.42 Å². The Bertz CT molecular complexity index is 277. The monoisotopic (exact) mass is 146 g/mol. The molecule has 3 heteroatoms. The van der Waals surface area contributed by atoms with E-state index in [1.54, 1.807) is 24.5 Å². The van der Waals surface area contributed by atoms with Gasteiger partial charge in [-0.1, -0.05) is 6.08 Å². The number of ether oxygens (including phenoxy) is 1. The molecule has 1 atom stereocenters. The molecule has 0 fully saturated rings. The summed E-state index contributed by atoms with van der Waals surface area (Å²) >= 11 is 0. The zero-order valence-electron chi connectivity index (χ0n) is 5.82. The first-order valence-corrected chi connectivity index (χ1v) is 3.20. The topological polar surface area (TPSA) is 56.8 Å². The molecule has 0 saturated heterocycles. The van der Waals surface area contributed by atoms with Crippen molar-refractivity contribution in [3.63, 3.8) is 0 Å². The van der Waals surface area contributed by atoms with E-state index >= 15 is 0 Å². The molecule has 0 aliphatic heterocycles. The van der Waals surface area contributed by atoms with E-state index in [9.17, 15) is 0 Å². The lowest BCUT2D eigenvalue weighted by Crippen LogP contribution is -1.96. The minimum Gasteiger partial charge on any atom is -0.388 e.